The summed E-state index contributed by atoms with van der Waals surface area (Å²) in [4.78, 5) is 25.0. The molecule has 0 aromatic heterocycles. The van der Waals surface area contributed by atoms with Gasteiger partial charge in [-0.25, -0.2) is 13.1 Å². The van der Waals surface area contributed by atoms with Gasteiger partial charge in [0.1, 0.15) is 0 Å². The van der Waals surface area contributed by atoms with Crippen LogP contribution in [0, 0.1) is 0 Å². The molecule has 0 saturated carbocycles. The van der Waals surface area contributed by atoms with Crippen LogP contribution in [0.3, 0.4) is 0 Å². The summed E-state index contributed by atoms with van der Waals surface area (Å²) in [5.41, 5.74) is 0.498. The second-order valence-corrected chi connectivity index (χ2v) is 7.60. The maximum Gasteiger partial charge on any atom is 0.241 e. The molecule has 10 heteroatoms. The Morgan fingerprint density at radius 1 is 1.15 bits per heavy atom. The third-order valence-corrected chi connectivity index (χ3v) is 5.18. The largest absolute Gasteiger partial charge is 0.379 e. The number of amides is 2. The Morgan fingerprint density at radius 2 is 1.81 bits per heavy atom. The molecule has 3 N–H and O–H groups in total. The third-order valence-electron chi connectivity index (χ3n) is 3.76. The quantitative estimate of drug-likeness (QED) is 0.550. The van der Waals surface area contributed by atoms with E-state index in [2.05, 4.69) is 20.3 Å². The number of nitrogens with zero attached hydrogens (tertiary/aromatic N) is 1. The molecule has 1 aliphatic heterocycles. The van der Waals surface area contributed by atoms with Crippen molar-refractivity contribution in [1.29, 1.82) is 0 Å². The molecule has 2 amide bonds. The van der Waals surface area contributed by atoms with Gasteiger partial charge in [0.25, 0.3) is 0 Å². The van der Waals surface area contributed by atoms with Gasteiger partial charge in [0.15, 0.2) is 0 Å². The van der Waals surface area contributed by atoms with Crippen molar-refractivity contribution in [3.05, 3.63) is 24.3 Å². The van der Waals surface area contributed by atoms with Gasteiger partial charge < -0.3 is 15.4 Å². The van der Waals surface area contributed by atoms with Gasteiger partial charge >= 0.3 is 0 Å². The van der Waals surface area contributed by atoms with Crippen LogP contribution in [-0.2, 0) is 24.3 Å². The molecule has 0 spiro atoms. The van der Waals surface area contributed by atoms with Gasteiger partial charge in [0.2, 0.25) is 21.8 Å². The number of rotatable bonds is 8. The molecule has 0 atom stereocenters. The van der Waals surface area contributed by atoms with Gasteiger partial charge in [-0.05, 0) is 24.3 Å². The number of hydrogen-bond acceptors (Lipinski definition) is 6. The Bertz CT molecular complexity index is 715. The first kappa shape index (κ1) is 20.3. The number of morpholine rings is 1. The number of hydrogen-bond donors (Lipinski definition) is 3. The summed E-state index contributed by atoms with van der Waals surface area (Å²) >= 11 is 0. The van der Waals surface area contributed by atoms with Crippen LogP contribution in [0.25, 0.3) is 0 Å². The Hall–Kier alpha value is -2.01. The number of sulfonamides is 1. The highest BCUT2D eigenvalue weighted by molar-refractivity contribution is 7.89. The van der Waals surface area contributed by atoms with E-state index in [-0.39, 0.29) is 17.3 Å². The smallest absolute Gasteiger partial charge is 0.241 e. The SMILES string of the molecule is CC(=O)Nc1ccc(S(=O)(=O)NCC(=O)NCCN2CCOCC2)cc1. The highest BCUT2D eigenvalue weighted by Crippen LogP contribution is 2.13. The molecule has 9 nitrogen and oxygen atoms in total. The van der Waals surface area contributed by atoms with Crippen molar-refractivity contribution in [2.45, 2.75) is 11.8 Å². The highest BCUT2D eigenvalue weighted by Gasteiger charge is 2.16. The molecular formula is C16H24N4O5S. The fraction of sp³-hybridized carbons (Fsp3) is 0.500. The minimum Gasteiger partial charge on any atom is -0.379 e. The lowest BCUT2D eigenvalue weighted by molar-refractivity contribution is -0.120. The molecule has 0 unspecified atom stereocenters. The number of nitrogens with one attached hydrogen (secondary N) is 3. The first-order chi connectivity index (χ1) is 12.4. The van der Waals surface area contributed by atoms with Crippen LogP contribution in [0.2, 0.25) is 0 Å². The summed E-state index contributed by atoms with van der Waals surface area (Å²) in [6.07, 6.45) is 0. The molecule has 1 saturated heterocycles. The third kappa shape index (κ3) is 6.71. The molecule has 1 aliphatic rings. The molecule has 26 heavy (non-hydrogen) atoms. The molecule has 2 rings (SSSR count). The lowest BCUT2D eigenvalue weighted by atomic mass is 10.3. The predicted octanol–water partition coefficient (Wildman–Crippen LogP) is -0.628. The number of anilines is 1. The molecule has 1 fully saturated rings. The minimum absolute atomic E-state index is 0.0210. The van der Waals surface area contributed by atoms with E-state index in [0.717, 1.165) is 13.1 Å². The standard InChI is InChI=1S/C16H24N4O5S/c1-13(21)19-14-2-4-15(5-3-14)26(23,24)18-12-16(22)17-6-7-20-8-10-25-11-9-20/h2-5,18H,6-12H2,1H3,(H,17,22)(H,19,21). The van der Waals surface area contributed by atoms with Crippen LogP contribution in [0.4, 0.5) is 5.69 Å². The Kier molecular flexibility index (Phi) is 7.51. The molecule has 1 heterocycles. The number of carbonyl (C=O) groups excluding carboxylic acids is 2. The zero-order valence-electron chi connectivity index (χ0n) is 14.7. The molecule has 0 radical (unpaired) electrons. The summed E-state index contributed by atoms with van der Waals surface area (Å²) in [5.74, 6) is -0.635. The Labute approximate surface area is 153 Å². The first-order valence-electron chi connectivity index (χ1n) is 8.31. The molecule has 0 aliphatic carbocycles. The summed E-state index contributed by atoms with van der Waals surface area (Å²) in [5, 5.41) is 5.24. The van der Waals surface area contributed by atoms with Crippen LogP contribution in [0.5, 0.6) is 0 Å². The average molecular weight is 384 g/mol. The van der Waals surface area contributed by atoms with E-state index in [1.54, 1.807) is 0 Å². The Balaban J connectivity index is 1.75. The first-order valence-corrected chi connectivity index (χ1v) is 9.79. The van der Waals surface area contributed by atoms with Crippen LogP contribution >= 0.6 is 0 Å². The molecule has 1 aromatic rings. The summed E-state index contributed by atoms with van der Waals surface area (Å²) in [6, 6.07) is 5.70. The van der Waals surface area contributed by atoms with Gasteiger partial charge in [0, 0.05) is 38.8 Å². The van der Waals surface area contributed by atoms with Gasteiger partial charge in [-0.15, -0.1) is 0 Å². The van der Waals surface area contributed by atoms with Crippen molar-refractivity contribution < 1.29 is 22.7 Å². The van der Waals surface area contributed by atoms with Gasteiger partial charge in [-0.3, -0.25) is 14.5 Å². The number of benzene rings is 1. The lowest BCUT2D eigenvalue weighted by Crippen LogP contribution is -2.43. The maximum atomic E-state index is 12.2. The second-order valence-electron chi connectivity index (χ2n) is 5.83. The van der Waals surface area contributed by atoms with Crippen LogP contribution < -0.4 is 15.4 Å². The topological polar surface area (TPSA) is 117 Å². The summed E-state index contributed by atoms with van der Waals surface area (Å²) in [6.45, 7) is 5.22. The van der Waals surface area contributed by atoms with Crippen molar-refractivity contribution in [3.63, 3.8) is 0 Å². The van der Waals surface area contributed by atoms with E-state index in [9.17, 15) is 18.0 Å². The fourth-order valence-electron chi connectivity index (χ4n) is 2.41. The zero-order valence-corrected chi connectivity index (χ0v) is 15.5. The highest BCUT2D eigenvalue weighted by atomic mass is 32.2. The summed E-state index contributed by atoms with van der Waals surface area (Å²) in [7, 11) is -3.80. The van der Waals surface area contributed by atoms with Crippen molar-refractivity contribution in [3.8, 4) is 0 Å². The molecular weight excluding hydrogens is 360 g/mol. The monoisotopic (exact) mass is 384 g/mol. The van der Waals surface area contributed by atoms with E-state index in [0.29, 0.717) is 32.0 Å². The van der Waals surface area contributed by atoms with E-state index >= 15 is 0 Å². The second kappa shape index (κ2) is 9.62. The van der Waals surface area contributed by atoms with Gasteiger partial charge in [-0.2, -0.15) is 0 Å². The van der Waals surface area contributed by atoms with E-state index in [4.69, 9.17) is 4.74 Å². The lowest BCUT2D eigenvalue weighted by Gasteiger charge is -2.26. The van der Waals surface area contributed by atoms with Crippen LogP contribution in [0.15, 0.2) is 29.2 Å². The fourth-order valence-corrected chi connectivity index (χ4v) is 3.39. The van der Waals surface area contributed by atoms with Crippen molar-refractivity contribution in [2.75, 3.05) is 51.3 Å². The van der Waals surface area contributed by atoms with Crippen molar-refractivity contribution >= 4 is 27.5 Å². The van der Waals surface area contributed by atoms with E-state index in [1.165, 1.54) is 31.2 Å². The minimum atomic E-state index is -3.80. The molecule has 144 valence electrons. The van der Waals surface area contributed by atoms with Crippen molar-refractivity contribution in [1.82, 2.24) is 14.9 Å². The molecule has 0 bridgehead atoms. The predicted molar refractivity (Wildman–Crippen MR) is 96.2 cm³/mol. The van der Waals surface area contributed by atoms with Crippen LogP contribution in [0.1, 0.15) is 6.92 Å². The summed E-state index contributed by atoms with van der Waals surface area (Å²) < 4.78 is 31.9. The van der Waals surface area contributed by atoms with E-state index in [1.807, 2.05) is 0 Å². The van der Waals surface area contributed by atoms with Crippen molar-refractivity contribution in [2.24, 2.45) is 0 Å². The zero-order chi connectivity index (χ0) is 19.0. The average Bonchev–Trinajstić information content (AvgIpc) is 2.61. The maximum absolute atomic E-state index is 12.2. The van der Waals surface area contributed by atoms with Crippen LogP contribution in [-0.4, -0.2) is 71.1 Å². The number of carbonyl (C=O) groups is 2. The van der Waals surface area contributed by atoms with Gasteiger partial charge in [0.05, 0.1) is 24.7 Å². The Morgan fingerprint density at radius 3 is 2.42 bits per heavy atom. The number of ether oxygens (including phenoxy) is 1. The van der Waals surface area contributed by atoms with Gasteiger partial charge in [-0.1, -0.05) is 0 Å². The van der Waals surface area contributed by atoms with E-state index < -0.39 is 15.9 Å². The molecule has 1 aromatic carbocycles. The normalized spacial score (nSPS) is 15.4.